The van der Waals surface area contributed by atoms with Crippen molar-refractivity contribution in [1.29, 1.82) is 0 Å². The second-order valence-corrected chi connectivity index (χ2v) is 7.02. The van der Waals surface area contributed by atoms with Crippen molar-refractivity contribution in [3.05, 3.63) is 33.8 Å². The van der Waals surface area contributed by atoms with Gasteiger partial charge in [-0.1, -0.05) is 6.07 Å². The minimum Gasteiger partial charge on any atom is -0.339 e. The summed E-state index contributed by atoms with van der Waals surface area (Å²) in [7, 11) is 1.95. The summed E-state index contributed by atoms with van der Waals surface area (Å²) < 4.78 is 0.895. The molecule has 2 unspecified atom stereocenters. The number of halogens is 1. The van der Waals surface area contributed by atoms with Gasteiger partial charge < -0.3 is 10.2 Å². The van der Waals surface area contributed by atoms with Crippen molar-refractivity contribution < 1.29 is 4.79 Å². The highest BCUT2D eigenvalue weighted by molar-refractivity contribution is 9.10. The molecule has 1 N–H and O–H groups in total. The van der Waals surface area contributed by atoms with Gasteiger partial charge in [0.1, 0.15) is 0 Å². The van der Waals surface area contributed by atoms with E-state index in [0.29, 0.717) is 18.1 Å². The second kappa shape index (κ2) is 5.49. The lowest BCUT2D eigenvalue weighted by atomic mass is 9.98. The van der Waals surface area contributed by atoms with E-state index in [1.165, 1.54) is 12.8 Å². The maximum Gasteiger partial charge on any atom is 0.254 e. The molecular weight excluding hydrogens is 316 g/mol. The Kier molecular flexibility index (Phi) is 3.87. The van der Waals surface area contributed by atoms with E-state index in [-0.39, 0.29) is 5.91 Å². The average Bonchev–Trinajstić information content (AvgIpc) is 2.76. The summed E-state index contributed by atoms with van der Waals surface area (Å²) in [4.78, 5) is 14.6. The first-order valence-corrected chi connectivity index (χ1v) is 8.13. The van der Waals surface area contributed by atoms with Crippen molar-refractivity contribution >= 4 is 21.8 Å². The maximum atomic E-state index is 12.7. The first-order chi connectivity index (χ1) is 9.54. The van der Waals surface area contributed by atoms with E-state index < -0.39 is 0 Å². The summed E-state index contributed by atoms with van der Waals surface area (Å²) in [6.07, 6.45) is 4.69. The number of piperidine rings is 1. The van der Waals surface area contributed by atoms with Crippen LogP contribution in [0, 0.1) is 6.92 Å². The zero-order valence-corrected chi connectivity index (χ0v) is 13.6. The summed E-state index contributed by atoms with van der Waals surface area (Å²) in [5.74, 6) is 0.128. The van der Waals surface area contributed by atoms with Crippen LogP contribution in [-0.2, 0) is 0 Å². The molecule has 2 aliphatic heterocycles. The minimum absolute atomic E-state index is 0.128. The van der Waals surface area contributed by atoms with Gasteiger partial charge in [-0.05, 0) is 66.2 Å². The number of rotatable bonds is 2. The van der Waals surface area contributed by atoms with Gasteiger partial charge in [0.05, 0.1) is 5.56 Å². The molecule has 2 fully saturated rings. The molecule has 1 aromatic rings. The van der Waals surface area contributed by atoms with Crippen molar-refractivity contribution in [3.63, 3.8) is 0 Å². The Morgan fingerprint density at radius 3 is 2.55 bits per heavy atom. The monoisotopic (exact) mass is 336 g/mol. The fraction of sp³-hybridized carbons (Fsp3) is 0.562. The highest BCUT2D eigenvalue weighted by atomic mass is 79.9. The van der Waals surface area contributed by atoms with Crippen LogP contribution < -0.4 is 5.32 Å². The van der Waals surface area contributed by atoms with Gasteiger partial charge in [-0.15, -0.1) is 0 Å². The number of hydrogen-bond acceptors (Lipinski definition) is 2. The summed E-state index contributed by atoms with van der Waals surface area (Å²) in [5, 5.41) is 3.63. The van der Waals surface area contributed by atoms with Gasteiger partial charge in [0.25, 0.3) is 5.91 Å². The van der Waals surface area contributed by atoms with Crippen LogP contribution in [0.25, 0.3) is 0 Å². The Bertz CT molecular complexity index is 519. The topological polar surface area (TPSA) is 32.3 Å². The zero-order chi connectivity index (χ0) is 14.3. The molecule has 3 nitrogen and oxygen atoms in total. The number of benzene rings is 1. The van der Waals surface area contributed by atoms with E-state index in [0.717, 1.165) is 28.4 Å². The zero-order valence-electron chi connectivity index (χ0n) is 12.0. The highest BCUT2D eigenvalue weighted by Gasteiger charge is 2.36. The summed E-state index contributed by atoms with van der Waals surface area (Å²) in [6, 6.07) is 7.51. The third-order valence-corrected chi connectivity index (χ3v) is 5.33. The van der Waals surface area contributed by atoms with Crippen molar-refractivity contribution in [3.8, 4) is 0 Å². The lowest BCUT2D eigenvalue weighted by molar-refractivity contribution is 0.0681. The van der Waals surface area contributed by atoms with E-state index in [9.17, 15) is 4.79 Å². The Morgan fingerprint density at radius 1 is 1.30 bits per heavy atom. The number of nitrogens with one attached hydrogen (secondary N) is 1. The Hall–Kier alpha value is -0.870. The molecule has 3 rings (SSSR count). The van der Waals surface area contributed by atoms with Crippen molar-refractivity contribution in [2.24, 2.45) is 0 Å². The van der Waals surface area contributed by atoms with Crippen molar-refractivity contribution in [2.75, 3.05) is 7.05 Å². The predicted molar refractivity (Wildman–Crippen MR) is 83.9 cm³/mol. The summed E-state index contributed by atoms with van der Waals surface area (Å²) in [5.41, 5.74) is 1.93. The Morgan fingerprint density at radius 2 is 1.95 bits per heavy atom. The number of aryl methyl sites for hydroxylation is 1. The Labute approximate surface area is 128 Å². The number of amides is 1. The lowest BCUT2D eigenvalue weighted by Gasteiger charge is -2.35. The molecule has 2 aliphatic rings. The number of hydrogen-bond donors (Lipinski definition) is 1. The van der Waals surface area contributed by atoms with Crippen LogP contribution in [-0.4, -0.2) is 36.0 Å². The average molecular weight is 337 g/mol. The molecular formula is C16H21BrN2O. The second-order valence-electron chi connectivity index (χ2n) is 6.16. The molecule has 0 spiro atoms. The van der Waals surface area contributed by atoms with E-state index in [1.807, 2.05) is 37.1 Å². The quantitative estimate of drug-likeness (QED) is 0.899. The normalized spacial score (nSPS) is 28.4. The largest absolute Gasteiger partial charge is 0.339 e. The fourth-order valence-electron chi connectivity index (χ4n) is 3.49. The lowest BCUT2D eigenvalue weighted by Crippen LogP contribution is -2.48. The first-order valence-electron chi connectivity index (χ1n) is 7.34. The molecule has 20 heavy (non-hydrogen) atoms. The van der Waals surface area contributed by atoms with E-state index in [4.69, 9.17) is 0 Å². The molecule has 2 bridgehead atoms. The van der Waals surface area contributed by atoms with Crippen LogP contribution in [0.4, 0.5) is 0 Å². The third kappa shape index (κ3) is 2.63. The molecule has 2 atom stereocenters. The van der Waals surface area contributed by atoms with Gasteiger partial charge in [0, 0.05) is 29.6 Å². The van der Waals surface area contributed by atoms with Gasteiger partial charge in [-0.3, -0.25) is 4.79 Å². The molecule has 1 aromatic carbocycles. The Balaban J connectivity index is 1.76. The molecule has 1 amide bonds. The molecule has 108 valence electrons. The van der Waals surface area contributed by atoms with Crippen molar-refractivity contribution in [1.82, 2.24) is 10.2 Å². The summed E-state index contributed by atoms with van der Waals surface area (Å²) in [6.45, 7) is 2.03. The van der Waals surface area contributed by atoms with Crippen LogP contribution in [0.15, 0.2) is 22.7 Å². The van der Waals surface area contributed by atoms with E-state index in [1.54, 1.807) is 0 Å². The molecule has 0 saturated carbocycles. The smallest absolute Gasteiger partial charge is 0.254 e. The fourth-order valence-corrected chi connectivity index (χ4v) is 4.16. The number of fused-ring (bicyclic) bond motifs is 2. The highest BCUT2D eigenvalue weighted by Crippen LogP contribution is 2.30. The van der Waals surface area contributed by atoms with Gasteiger partial charge in [-0.25, -0.2) is 0 Å². The number of nitrogens with zero attached hydrogens (tertiary/aromatic N) is 1. The van der Waals surface area contributed by atoms with E-state index >= 15 is 0 Å². The first kappa shape index (κ1) is 14.1. The van der Waals surface area contributed by atoms with Gasteiger partial charge in [-0.2, -0.15) is 0 Å². The van der Waals surface area contributed by atoms with Gasteiger partial charge >= 0.3 is 0 Å². The molecule has 2 saturated heterocycles. The summed E-state index contributed by atoms with van der Waals surface area (Å²) >= 11 is 3.52. The SMILES string of the molecule is Cc1ccc(C(=O)N(C)C2CC3CCC(C2)N3)c(Br)c1. The van der Waals surface area contributed by atoms with Crippen molar-refractivity contribution in [2.45, 2.75) is 50.7 Å². The van der Waals surface area contributed by atoms with Crippen LogP contribution in [0.3, 0.4) is 0 Å². The van der Waals surface area contributed by atoms with Crippen LogP contribution in [0.5, 0.6) is 0 Å². The van der Waals surface area contributed by atoms with Crippen LogP contribution >= 0.6 is 15.9 Å². The number of carbonyl (C=O) groups excluding carboxylic acids is 1. The number of carbonyl (C=O) groups is 1. The maximum absolute atomic E-state index is 12.7. The predicted octanol–water partition coefficient (Wildman–Crippen LogP) is 3.11. The van der Waals surface area contributed by atoms with Crippen LogP contribution in [0.2, 0.25) is 0 Å². The molecule has 0 radical (unpaired) electrons. The van der Waals surface area contributed by atoms with Crippen LogP contribution in [0.1, 0.15) is 41.6 Å². The standard InChI is InChI=1S/C16H21BrN2O/c1-10-3-6-14(15(17)7-10)16(20)19(2)13-8-11-4-5-12(9-13)18-11/h3,6-7,11-13,18H,4-5,8-9H2,1-2H3. The van der Waals surface area contributed by atoms with E-state index in [2.05, 4.69) is 21.2 Å². The third-order valence-electron chi connectivity index (χ3n) is 4.67. The molecule has 2 heterocycles. The molecule has 4 heteroatoms. The molecule has 0 aromatic heterocycles. The molecule has 0 aliphatic carbocycles. The minimum atomic E-state index is 0.128. The van der Waals surface area contributed by atoms with Gasteiger partial charge in [0.2, 0.25) is 0 Å². The van der Waals surface area contributed by atoms with Gasteiger partial charge in [0.15, 0.2) is 0 Å².